The van der Waals surface area contributed by atoms with Crippen molar-refractivity contribution in [3.8, 4) is 11.5 Å². The minimum atomic E-state index is -3.59. The molecule has 1 saturated heterocycles. The Bertz CT molecular complexity index is 1070. The maximum Gasteiger partial charge on any atom is 0.254 e. The number of sulfonamides is 1. The number of amides is 1. The topological polar surface area (TPSA) is 76.2 Å². The third kappa shape index (κ3) is 4.41. The van der Waals surface area contributed by atoms with Gasteiger partial charge in [0.2, 0.25) is 10.0 Å². The molecular weight excluding hydrogens is 416 g/mol. The lowest BCUT2D eigenvalue weighted by molar-refractivity contribution is 0.0697. The maximum absolute atomic E-state index is 13.0. The highest BCUT2D eigenvalue weighted by Crippen LogP contribution is 2.31. The summed E-state index contributed by atoms with van der Waals surface area (Å²) in [5.41, 5.74) is 1.56. The highest BCUT2D eigenvalue weighted by atomic mass is 32.2. The van der Waals surface area contributed by atoms with Gasteiger partial charge in [0.1, 0.15) is 13.2 Å². The molecule has 0 spiro atoms. The first-order valence-electron chi connectivity index (χ1n) is 10.5. The molecule has 2 aliphatic rings. The third-order valence-electron chi connectivity index (χ3n) is 5.67. The number of carbonyl (C=O) groups is 1. The number of hydrogen-bond acceptors (Lipinski definition) is 5. The molecule has 4 rings (SSSR count). The number of benzene rings is 2. The van der Waals surface area contributed by atoms with Gasteiger partial charge in [0.15, 0.2) is 11.5 Å². The zero-order valence-electron chi connectivity index (χ0n) is 18.1. The van der Waals surface area contributed by atoms with Gasteiger partial charge in [-0.2, -0.15) is 4.31 Å². The zero-order chi connectivity index (χ0) is 22.2. The average Bonchev–Trinajstić information content (AvgIpc) is 2.78. The molecular formula is C23H28N2O5S. The summed E-state index contributed by atoms with van der Waals surface area (Å²) in [4.78, 5) is 14.9. The molecule has 2 aromatic carbocycles. The Morgan fingerprint density at radius 1 is 0.871 bits per heavy atom. The van der Waals surface area contributed by atoms with Crippen LogP contribution in [0.1, 0.15) is 36.7 Å². The highest BCUT2D eigenvalue weighted by molar-refractivity contribution is 7.89. The van der Waals surface area contributed by atoms with Crippen molar-refractivity contribution in [1.29, 1.82) is 0 Å². The van der Waals surface area contributed by atoms with Crippen molar-refractivity contribution in [2.24, 2.45) is 0 Å². The molecule has 0 aromatic heterocycles. The van der Waals surface area contributed by atoms with Gasteiger partial charge in [-0.15, -0.1) is 0 Å². The van der Waals surface area contributed by atoms with Crippen LogP contribution >= 0.6 is 0 Å². The number of nitrogens with zero attached hydrogens (tertiary/aromatic N) is 2. The first-order valence-corrected chi connectivity index (χ1v) is 11.9. The van der Waals surface area contributed by atoms with Crippen LogP contribution in [0, 0.1) is 0 Å². The number of piperazine rings is 1. The van der Waals surface area contributed by atoms with Gasteiger partial charge in [0.25, 0.3) is 5.91 Å². The van der Waals surface area contributed by atoms with Crippen LogP contribution in [0.3, 0.4) is 0 Å². The van der Waals surface area contributed by atoms with Crippen LogP contribution in [-0.4, -0.2) is 62.9 Å². The molecule has 2 aliphatic heterocycles. The van der Waals surface area contributed by atoms with Gasteiger partial charge in [-0.1, -0.05) is 32.9 Å². The van der Waals surface area contributed by atoms with Crippen molar-refractivity contribution in [2.75, 3.05) is 39.4 Å². The van der Waals surface area contributed by atoms with Crippen molar-refractivity contribution in [2.45, 2.75) is 31.1 Å². The number of ether oxygens (including phenoxy) is 2. The van der Waals surface area contributed by atoms with E-state index < -0.39 is 10.0 Å². The van der Waals surface area contributed by atoms with E-state index in [2.05, 4.69) is 20.8 Å². The van der Waals surface area contributed by atoms with Crippen molar-refractivity contribution < 1.29 is 22.7 Å². The Hall–Kier alpha value is -2.58. The Balaban J connectivity index is 1.42. The van der Waals surface area contributed by atoms with E-state index in [-0.39, 0.29) is 29.3 Å². The summed E-state index contributed by atoms with van der Waals surface area (Å²) >= 11 is 0. The minimum absolute atomic E-state index is 0.0396. The van der Waals surface area contributed by atoms with Crippen LogP contribution in [0.4, 0.5) is 0 Å². The number of rotatable bonds is 3. The maximum atomic E-state index is 13.0. The monoisotopic (exact) mass is 444 g/mol. The lowest BCUT2D eigenvalue weighted by Crippen LogP contribution is -2.50. The van der Waals surface area contributed by atoms with Crippen molar-refractivity contribution in [1.82, 2.24) is 9.21 Å². The number of carbonyl (C=O) groups excluding carboxylic acids is 1. The largest absolute Gasteiger partial charge is 0.486 e. The number of fused-ring (bicyclic) bond motifs is 1. The van der Waals surface area contributed by atoms with E-state index in [1.807, 2.05) is 12.1 Å². The smallest absolute Gasteiger partial charge is 0.254 e. The molecule has 166 valence electrons. The standard InChI is InChI=1S/C23H28N2O5S/c1-23(2,3)18-5-7-19(8-6-18)31(27,28)25-12-10-24(11-13-25)22(26)17-4-9-20-21(16-17)30-15-14-29-20/h4-9,16H,10-15H2,1-3H3. The van der Waals surface area contributed by atoms with Crippen LogP contribution in [0.2, 0.25) is 0 Å². The molecule has 2 heterocycles. The van der Waals surface area contributed by atoms with Crippen LogP contribution in [0.15, 0.2) is 47.4 Å². The molecule has 0 N–H and O–H groups in total. The highest BCUT2D eigenvalue weighted by Gasteiger charge is 2.31. The van der Waals surface area contributed by atoms with Crippen LogP contribution in [0.25, 0.3) is 0 Å². The Labute approximate surface area is 183 Å². The van der Waals surface area contributed by atoms with Crippen molar-refractivity contribution in [3.63, 3.8) is 0 Å². The first kappa shape index (κ1) is 21.6. The molecule has 1 amide bonds. The van der Waals surface area contributed by atoms with Crippen LogP contribution < -0.4 is 9.47 Å². The predicted octanol–water partition coefficient (Wildman–Crippen LogP) is 2.90. The first-order chi connectivity index (χ1) is 14.7. The lowest BCUT2D eigenvalue weighted by atomic mass is 9.87. The van der Waals surface area contributed by atoms with Gasteiger partial charge in [-0.3, -0.25) is 4.79 Å². The minimum Gasteiger partial charge on any atom is -0.486 e. The second kappa shape index (κ2) is 8.16. The zero-order valence-corrected chi connectivity index (χ0v) is 18.9. The molecule has 0 bridgehead atoms. The Morgan fingerprint density at radius 2 is 1.48 bits per heavy atom. The summed E-state index contributed by atoms with van der Waals surface area (Å²) in [7, 11) is -3.59. The molecule has 8 heteroatoms. The summed E-state index contributed by atoms with van der Waals surface area (Å²) in [5, 5.41) is 0. The average molecular weight is 445 g/mol. The van der Waals surface area contributed by atoms with Gasteiger partial charge in [-0.05, 0) is 41.3 Å². The van der Waals surface area contributed by atoms with Gasteiger partial charge in [0, 0.05) is 31.7 Å². The summed E-state index contributed by atoms with van der Waals surface area (Å²) in [6.45, 7) is 8.43. The molecule has 0 radical (unpaired) electrons. The van der Waals surface area contributed by atoms with E-state index in [1.165, 1.54) is 4.31 Å². The molecule has 0 aliphatic carbocycles. The fourth-order valence-corrected chi connectivity index (χ4v) is 5.19. The fourth-order valence-electron chi connectivity index (χ4n) is 3.77. The van der Waals surface area contributed by atoms with Gasteiger partial charge < -0.3 is 14.4 Å². The fraction of sp³-hybridized carbons (Fsp3) is 0.435. The molecule has 2 aromatic rings. The van der Waals surface area contributed by atoms with Crippen LogP contribution in [0.5, 0.6) is 11.5 Å². The summed E-state index contributed by atoms with van der Waals surface area (Å²) in [5.74, 6) is 1.07. The number of hydrogen-bond donors (Lipinski definition) is 0. The van der Waals surface area contributed by atoms with E-state index in [9.17, 15) is 13.2 Å². The van der Waals surface area contributed by atoms with E-state index in [0.29, 0.717) is 43.4 Å². The van der Waals surface area contributed by atoms with Crippen LogP contribution in [-0.2, 0) is 15.4 Å². The van der Waals surface area contributed by atoms with Crippen molar-refractivity contribution >= 4 is 15.9 Å². The quantitative estimate of drug-likeness (QED) is 0.728. The Morgan fingerprint density at radius 3 is 2.10 bits per heavy atom. The molecule has 31 heavy (non-hydrogen) atoms. The normalized spacial score (nSPS) is 17.5. The Kier molecular flexibility index (Phi) is 5.70. The molecule has 0 atom stereocenters. The van der Waals surface area contributed by atoms with E-state index >= 15 is 0 Å². The molecule has 0 unspecified atom stereocenters. The van der Waals surface area contributed by atoms with E-state index in [0.717, 1.165) is 5.56 Å². The summed E-state index contributed by atoms with van der Waals surface area (Å²) in [6, 6.07) is 12.2. The second-order valence-electron chi connectivity index (χ2n) is 8.83. The molecule has 0 saturated carbocycles. The third-order valence-corrected chi connectivity index (χ3v) is 7.59. The summed E-state index contributed by atoms with van der Waals surface area (Å²) < 4.78 is 38.6. The molecule has 7 nitrogen and oxygen atoms in total. The summed E-state index contributed by atoms with van der Waals surface area (Å²) in [6.07, 6.45) is 0. The molecule has 1 fully saturated rings. The lowest BCUT2D eigenvalue weighted by Gasteiger charge is -2.34. The second-order valence-corrected chi connectivity index (χ2v) is 10.8. The van der Waals surface area contributed by atoms with Crippen molar-refractivity contribution in [3.05, 3.63) is 53.6 Å². The van der Waals surface area contributed by atoms with E-state index in [1.54, 1.807) is 35.2 Å². The SMILES string of the molecule is CC(C)(C)c1ccc(S(=O)(=O)N2CCN(C(=O)c3ccc4c(c3)OCCO4)CC2)cc1. The van der Waals surface area contributed by atoms with E-state index in [4.69, 9.17) is 9.47 Å². The van der Waals surface area contributed by atoms with Gasteiger partial charge >= 0.3 is 0 Å². The predicted molar refractivity (Wildman–Crippen MR) is 117 cm³/mol. The van der Waals surface area contributed by atoms with Gasteiger partial charge in [-0.25, -0.2) is 8.42 Å². The van der Waals surface area contributed by atoms with Gasteiger partial charge in [0.05, 0.1) is 4.90 Å².